The van der Waals surface area contributed by atoms with Gasteiger partial charge >= 0.3 is 6.01 Å². The first-order valence-corrected chi connectivity index (χ1v) is 4.37. The van der Waals surface area contributed by atoms with E-state index >= 15 is 0 Å². The van der Waals surface area contributed by atoms with E-state index in [4.69, 9.17) is 10.5 Å². The van der Waals surface area contributed by atoms with E-state index in [2.05, 4.69) is 9.97 Å². The van der Waals surface area contributed by atoms with Crippen molar-refractivity contribution in [3.63, 3.8) is 0 Å². The molecular weight excluding hydrogens is 166 g/mol. The maximum absolute atomic E-state index is 5.33. The zero-order valence-corrected chi connectivity index (χ0v) is 8.08. The van der Waals surface area contributed by atoms with Crippen molar-refractivity contribution >= 4 is 0 Å². The molecule has 0 aromatic carbocycles. The van der Waals surface area contributed by atoms with Gasteiger partial charge < -0.3 is 10.5 Å². The molecule has 0 saturated heterocycles. The first kappa shape index (κ1) is 9.92. The number of ether oxygens (including phenoxy) is 1. The fraction of sp³-hybridized carbons (Fsp3) is 0.556. The highest BCUT2D eigenvalue weighted by atomic mass is 16.5. The molecule has 0 fully saturated rings. The van der Waals surface area contributed by atoms with Gasteiger partial charge in [-0.3, -0.25) is 0 Å². The molecule has 72 valence electrons. The quantitative estimate of drug-likeness (QED) is 0.698. The molecule has 1 heterocycles. The molecule has 1 aromatic heterocycles. The largest absolute Gasteiger partial charge is 0.463 e. The SMILES string of the molecule is Cc1cc(C)nc(OCCCN)n1. The summed E-state index contributed by atoms with van der Waals surface area (Å²) < 4.78 is 5.31. The van der Waals surface area contributed by atoms with Crippen molar-refractivity contribution < 1.29 is 4.74 Å². The minimum Gasteiger partial charge on any atom is -0.463 e. The Kier molecular flexibility index (Phi) is 3.64. The summed E-state index contributed by atoms with van der Waals surface area (Å²) in [6.07, 6.45) is 0.830. The van der Waals surface area contributed by atoms with E-state index in [9.17, 15) is 0 Å². The van der Waals surface area contributed by atoms with Gasteiger partial charge in [0.25, 0.3) is 0 Å². The summed E-state index contributed by atoms with van der Waals surface area (Å²) in [7, 11) is 0. The third kappa shape index (κ3) is 3.38. The predicted octanol–water partition coefficient (Wildman–Crippen LogP) is 0.821. The van der Waals surface area contributed by atoms with Crippen molar-refractivity contribution in [1.82, 2.24) is 9.97 Å². The summed E-state index contributed by atoms with van der Waals surface area (Å²) in [6, 6.07) is 2.36. The summed E-state index contributed by atoms with van der Waals surface area (Å²) in [5, 5.41) is 0. The maximum Gasteiger partial charge on any atom is 0.316 e. The van der Waals surface area contributed by atoms with E-state index in [1.54, 1.807) is 0 Å². The molecule has 0 amide bonds. The molecule has 1 rings (SSSR count). The van der Waals surface area contributed by atoms with E-state index in [-0.39, 0.29) is 0 Å². The number of nitrogens with zero attached hydrogens (tertiary/aromatic N) is 2. The van der Waals surface area contributed by atoms with Crippen LogP contribution < -0.4 is 10.5 Å². The Labute approximate surface area is 78.1 Å². The number of nitrogens with two attached hydrogens (primary N) is 1. The Morgan fingerprint density at radius 1 is 1.31 bits per heavy atom. The van der Waals surface area contributed by atoms with E-state index < -0.39 is 0 Å². The minimum absolute atomic E-state index is 0.450. The van der Waals surface area contributed by atoms with Gasteiger partial charge in [0.15, 0.2) is 0 Å². The van der Waals surface area contributed by atoms with Crippen LogP contribution in [0.4, 0.5) is 0 Å². The van der Waals surface area contributed by atoms with Crippen molar-refractivity contribution in [3.8, 4) is 6.01 Å². The fourth-order valence-corrected chi connectivity index (χ4v) is 1.00. The van der Waals surface area contributed by atoms with Gasteiger partial charge in [0.1, 0.15) is 0 Å². The standard InChI is InChI=1S/C9H15N3O/c1-7-6-8(2)12-9(11-7)13-5-3-4-10/h6H,3-5,10H2,1-2H3. The molecule has 0 unspecified atom stereocenters. The molecule has 0 saturated carbocycles. The summed E-state index contributed by atoms with van der Waals surface area (Å²) in [4.78, 5) is 8.26. The number of aryl methyl sites for hydroxylation is 2. The number of aromatic nitrogens is 2. The minimum atomic E-state index is 0.450. The molecule has 0 aliphatic rings. The van der Waals surface area contributed by atoms with Crippen LogP contribution in [0.3, 0.4) is 0 Å². The van der Waals surface area contributed by atoms with Gasteiger partial charge in [-0.25, -0.2) is 9.97 Å². The van der Waals surface area contributed by atoms with E-state index in [0.717, 1.165) is 17.8 Å². The zero-order chi connectivity index (χ0) is 9.68. The predicted molar refractivity (Wildman–Crippen MR) is 50.7 cm³/mol. The lowest BCUT2D eigenvalue weighted by Gasteiger charge is -2.04. The highest BCUT2D eigenvalue weighted by molar-refractivity contribution is 5.10. The maximum atomic E-state index is 5.33. The average molecular weight is 181 g/mol. The smallest absolute Gasteiger partial charge is 0.316 e. The molecule has 13 heavy (non-hydrogen) atoms. The van der Waals surface area contributed by atoms with Crippen LogP contribution in [-0.2, 0) is 0 Å². The highest BCUT2D eigenvalue weighted by Crippen LogP contribution is 2.05. The molecule has 0 atom stereocenters. The van der Waals surface area contributed by atoms with Crippen LogP contribution in [0.5, 0.6) is 6.01 Å². The molecule has 2 N–H and O–H groups in total. The summed E-state index contributed by atoms with van der Waals surface area (Å²) >= 11 is 0. The van der Waals surface area contributed by atoms with Gasteiger partial charge in [-0.15, -0.1) is 0 Å². The van der Waals surface area contributed by atoms with Crippen molar-refractivity contribution in [2.24, 2.45) is 5.73 Å². The van der Waals surface area contributed by atoms with Gasteiger partial charge in [0.2, 0.25) is 0 Å². The van der Waals surface area contributed by atoms with Crippen LogP contribution in [0.1, 0.15) is 17.8 Å². The molecular formula is C9H15N3O. The van der Waals surface area contributed by atoms with Crippen molar-refractivity contribution in [2.45, 2.75) is 20.3 Å². The second kappa shape index (κ2) is 4.77. The summed E-state index contributed by atoms with van der Waals surface area (Å²) in [5.74, 6) is 0. The second-order valence-electron chi connectivity index (χ2n) is 2.92. The topological polar surface area (TPSA) is 61.0 Å². The molecule has 1 aromatic rings. The fourth-order valence-electron chi connectivity index (χ4n) is 1.00. The van der Waals surface area contributed by atoms with Crippen molar-refractivity contribution in [3.05, 3.63) is 17.5 Å². The Bertz CT molecular complexity index is 255. The molecule has 4 nitrogen and oxygen atoms in total. The van der Waals surface area contributed by atoms with Gasteiger partial charge in [-0.1, -0.05) is 0 Å². The molecule has 0 aliphatic carbocycles. The normalized spacial score (nSPS) is 10.1. The number of hydrogen-bond donors (Lipinski definition) is 1. The Morgan fingerprint density at radius 3 is 2.46 bits per heavy atom. The average Bonchev–Trinajstić information content (AvgIpc) is 2.03. The van der Waals surface area contributed by atoms with E-state index in [1.165, 1.54) is 0 Å². The van der Waals surface area contributed by atoms with Crippen LogP contribution in [-0.4, -0.2) is 23.1 Å². The van der Waals surface area contributed by atoms with E-state index in [0.29, 0.717) is 19.2 Å². The van der Waals surface area contributed by atoms with Gasteiger partial charge in [-0.2, -0.15) is 0 Å². The molecule has 0 bridgehead atoms. The first-order valence-electron chi connectivity index (χ1n) is 4.37. The third-order valence-corrected chi connectivity index (χ3v) is 1.54. The third-order valence-electron chi connectivity index (χ3n) is 1.54. The summed E-state index contributed by atoms with van der Waals surface area (Å²) in [5.41, 5.74) is 7.18. The molecule has 0 radical (unpaired) electrons. The molecule has 4 heteroatoms. The van der Waals surface area contributed by atoms with Gasteiger partial charge in [0.05, 0.1) is 6.61 Å². The van der Waals surface area contributed by atoms with Crippen LogP contribution in [0.15, 0.2) is 6.07 Å². The Morgan fingerprint density at radius 2 is 1.92 bits per heavy atom. The Hall–Kier alpha value is -1.16. The molecule has 0 spiro atoms. The second-order valence-corrected chi connectivity index (χ2v) is 2.92. The lowest BCUT2D eigenvalue weighted by Crippen LogP contribution is -2.08. The van der Waals surface area contributed by atoms with Gasteiger partial charge in [-0.05, 0) is 32.9 Å². The zero-order valence-electron chi connectivity index (χ0n) is 8.08. The van der Waals surface area contributed by atoms with Crippen molar-refractivity contribution in [2.75, 3.05) is 13.2 Å². The van der Waals surface area contributed by atoms with Crippen LogP contribution >= 0.6 is 0 Å². The Balaban J connectivity index is 2.56. The van der Waals surface area contributed by atoms with Crippen molar-refractivity contribution in [1.29, 1.82) is 0 Å². The van der Waals surface area contributed by atoms with E-state index in [1.807, 2.05) is 19.9 Å². The van der Waals surface area contributed by atoms with Gasteiger partial charge in [0, 0.05) is 11.4 Å². The highest BCUT2D eigenvalue weighted by Gasteiger charge is 1.99. The molecule has 0 aliphatic heterocycles. The lowest BCUT2D eigenvalue weighted by molar-refractivity contribution is 0.287. The first-order chi connectivity index (χ1) is 6.22. The van der Waals surface area contributed by atoms with Crippen LogP contribution in [0, 0.1) is 13.8 Å². The van der Waals surface area contributed by atoms with Crippen LogP contribution in [0.2, 0.25) is 0 Å². The summed E-state index contributed by atoms with van der Waals surface area (Å²) in [6.45, 7) is 5.05. The number of rotatable bonds is 4. The monoisotopic (exact) mass is 181 g/mol. The van der Waals surface area contributed by atoms with Crippen LogP contribution in [0.25, 0.3) is 0 Å². The number of hydrogen-bond acceptors (Lipinski definition) is 4. The lowest BCUT2D eigenvalue weighted by atomic mass is 10.4.